The van der Waals surface area contributed by atoms with E-state index in [4.69, 9.17) is 0 Å². The lowest BCUT2D eigenvalue weighted by Crippen LogP contribution is -2.42. The van der Waals surface area contributed by atoms with E-state index in [-0.39, 0.29) is 24.1 Å². The minimum absolute atomic E-state index is 0.0823. The van der Waals surface area contributed by atoms with Gasteiger partial charge in [-0.25, -0.2) is 8.42 Å². The number of nitrogens with one attached hydrogen (secondary N) is 1. The van der Waals surface area contributed by atoms with Crippen LogP contribution in [-0.2, 0) is 14.8 Å². The van der Waals surface area contributed by atoms with E-state index in [9.17, 15) is 18.0 Å². The third kappa shape index (κ3) is 3.24. The number of hydrogen-bond acceptors (Lipinski definition) is 4. The molecule has 0 radical (unpaired) electrons. The zero-order valence-electron chi connectivity index (χ0n) is 15.5. The van der Waals surface area contributed by atoms with Crippen LogP contribution >= 0.6 is 0 Å². The fourth-order valence-corrected chi connectivity index (χ4v) is 5.33. The molecule has 146 valence electrons. The molecule has 0 unspecified atom stereocenters. The van der Waals surface area contributed by atoms with E-state index in [0.29, 0.717) is 35.6 Å². The summed E-state index contributed by atoms with van der Waals surface area (Å²) in [5.41, 5.74) is 2.88. The summed E-state index contributed by atoms with van der Waals surface area (Å²) in [6.07, 6.45) is 1.44. The van der Waals surface area contributed by atoms with Gasteiger partial charge in [-0.05, 0) is 49.6 Å². The Morgan fingerprint density at radius 1 is 1.07 bits per heavy atom. The van der Waals surface area contributed by atoms with Gasteiger partial charge >= 0.3 is 0 Å². The summed E-state index contributed by atoms with van der Waals surface area (Å²) in [4.78, 5) is 26.7. The summed E-state index contributed by atoms with van der Waals surface area (Å²) in [5.74, 6) is -0.486. The number of amides is 2. The van der Waals surface area contributed by atoms with E-state index >= 15 is 0 Å². The standard InChI is InChI=1S/C20H21N3O4S/c1-14-8-9-15(12-18(14)23-10-4-5-11-28(23,26)27)20(25)22-13-19(24)21-16-6-2-3-7-17(16)22/h2-3,6-9,12H,4-5,10-11,13H2,1H3,(H,21,24). The molecule has 1 saturated heterocycles. The van der Waals surface area contributed by atoms with Crippen molar-refractivity contribution in [2.45, 2.75) is 19.8 Å². The van der Waals surface area contributed by atoms with Crippen LogP contribution in [0.5, 0.6) is 0 Å². The molecule has 2 aromatic rings. The Hall–Kier alpha value is -2.87. The van der Waals surface area contributed by atoms with Crippen LogP contribution < -0.4 is 14.5 Å². The zero-order valence-corrected chi connectivity index (χ0v) is 16.3. The molecule has 7 nitrogen and oxygen atoms in total. The van der Waals surface area contributed by atoms with Gasteiger partial charge in [0, 0.05) is 12.1 Å². The largest absolute Gasteiger partial charge is 0.323 e. The molecule has 2 amide bonds. The van der Waals surface area contributed by atoms with Crippen LogP contribution in [0.3, 0.4) is 0 Å². The topological polar surface area (TPSA) is 86.8 Å². The second kappa shape index (κ2) is 6.94. The molecule has 8 heteroatoms. The molecule has 0 atom stereocenters. The Morgan fingerprint density at radius 2 is 1.86 bits per heavy atom. The molecule has 2 heterocycles. The monoisotopic (exact) mass is 399 g/mol. The molecule has 0 aromatic heterocycles. The molecular weight excluding hydrogens is 378 g/mol. The summed E-state index contributed by atoms with van der Waals surface area (Å²) in [6.45, 7) is 2.16. The predicted molar refractivity (Wildman–Crippen MR) is 108 cm³/mol. The maximum absolute atomic E-state index is 13.2. The maximum atomic E-state index is 13.2. The second-order valence-electron chi connectivity index (χ2n) is 7.05. The summed E-state index contributed by atoms with van der Waals surface area (Å²) < 4.78 is 26.4. The summed E-state index contributed by atoms with van der Waals surface area (Å²) in [5, 5.41) is 2.76. The summed E-state index contributed by atoms with van der Waals surface area (Å²) >= 11 is 0. The van der Waals surface area contributed by atoms with E-state index in [0.717, 1.165) is 12.0 Å². The van der Waals surface area contributed by atoms with Crippen molar-refractivity contribution in [2.75, 3.05) is 33.4 Å². The molecule has 0 bridgehead atoms. The zero-order chi connectivity index (χ0) is 19.9. The fraction of sp³-hybridized carbons (Fsp3) is 0.300. The number of sulfonamides is 1. The van der Waals surface area contributed by atoms with Crippen LogP contribution in [0, 0.1) is 6.92 Å². The summed E-state index contributed by atoms with van der Waals surface area (Å²) in [6, 6.07) is 12.2. The molecular formula is C20H21N3O4S. The van der Waals surface area contributed by atoms with Gasteiger partial charge in [0.25, 0.3) is 5.91 Å². The van der Waals surface area contributed by atoms with E-state index in [1.165, 1.54) is 9.21 Å². The first-order valence-corrected chi connectivity index (χ1v) is 10.8. The lowest BCUT2D eigenvalue weighted by molar-refractivity contribution is -0.115. The van der Waals surface area contributed by atoms with Crippen LogP contribution in [0.2, 0.25) is 0 Å². The molecule has 0 aliphatic carbocycles. The highest BCUT2D eigenvalue weighted by Crippen LogP contribution is 2.32. The molecule has 1 fully saturated rings. The average molecular weight is 399 g/mol. The highest BCUT2D eigenvalue weighted by Gasteiger charge is 2.30. The fourth-order valence-electron chi connectivity index (χ4n) is 3.64. The van der Waals surface area contributed by atoms with Gasteiger partial charge in [-0.3, -0.25) is 18.8 Å². The lowest BCUT2D eigenvalue weighted by atomic mass is 10.1. The van der Waals surface area contributed by atoms with Gasteiger partial charge < -0.3 is 5.32 Å². The van der Waals surface area contributed by atoms with Gasteiger partial charge in [0.1, 0.15) is 6.54 Å². The normalized spacial score (nSPS) is 18.4. The van der Waals surface area contributed by atoms with E-state index in [1.54, 1.807) is 42.5 Å². The maximum Gasteiger partial charge on any atom is 0.258 e. The third-order valence-corrected chi connectivity index (χ3v) is 6.95. The highest BCUT2D eigenvalue weighted by atomic mass is 32.2. The Labute approximate surface area is 164 Å². The Kier molecular flexibility index (Phi) is 4.58. The van der Waals surface area contributed by atoms with Gasteiger partial charge in [0.15, 0.2) is 0 Å². The van der Waals surface area contributed by atoms with Crippen molar-refractivity contribution in [1.29, 1.82) is 0 Å². The van der Waals surface area contributed by atoms with Gasteiger partial charge in [0.2, 0.25) is 15.9 Å². The van der Waals surface area contributed by atoms with E-state index in [1.807, 2.05) is 6.92 Å². The number of nitrogens with zero attached hydrogens (tertiary/aromatic N) is 2. The molecule has 28 heavy (non-hydrogen) atoms. The van der Waals surface area contributed by atoms with Crippen molar-refractivity contribution in [3.05, 3.63) is 53.6 Å². The number of hydrogen-bond donors (Lipinski definition) is 1. The van der Waals surface area contributed by atoms with Crippen molar-refractivity contribution in [3.8, 4) is 0 Å². The lowest BCUT2D eigenvalue weighted by Gasteiger charge is -2.31. The predicted octanol–water partition coefficient (Wildman–Crippen LogP) is 2.52. The number of para-hydroxylation sites is 2. The van der Waals surface area contributed by atoms with Crippen molar-refractivity contribution >= 4 is 38.9 Å². The smallest absolute Gasteiger partial charge is 0.258 e. The van der Waals surface area contributed by atoms with Gasteiger partial charge in [-0.2, -0.15) is 0 Å². The third-order valence-electron chi connectivity index (χ3n) is 5.09. The number of carbonyl (C=O) groups is 2. The molecule has 0 spiro atoms. The van der Waals surface area contributed by atoms with Crippen LogP contribution in [-0.4, -0.2) is 39.1 Å². The van der Waals surface area contributed by atoms with Crippen LogP contribution in [0.4, 0.5) is 17.1 Å². The molecule has 2 aliphatic rings. The molecule has 1 N–H and O–H groups in total. The van der Waals surface area contributed by atoms with Crippen molar-refractivity contribution < 1.29 is 18.0 Å². The van der Waals surface area contributed by atoms with Gasteiger partial charge in [-0.1, -0.05) is 18.2 Å². The Morgan fingerprint density at radius 3 is 2.64 bits per heavy atom. The second-order valence-corrected chi connectivity index (χ2v) is 9.07. The highest BCUT2D eigenvalue weighted by molar-refractivity contribution is 7.92. The molecule has 2 aromatic carbocycles. The number of aryl methyl sites for hydroxylation is 1. The number of anilines is 3. The van der Waals surface area contributed by atoms with Gasteiger partial charge in [0.05, 0.1) is 22.8 Å². The molecule has 4 rings (SSSR count). The first-order valence-electron chi connectivity index (χ1n) is 9.19. The quantitative estimate of drug-likeness (QED) is 0.841. The minimum Gasteiger partial charge on any atom is -0.323 e. The summed E-state index contributed by atoms with van der Waals surface area (Å²) in [7, 11) is -3.38. The minimum atomic E-state index is -3.38. The van der Waals surface area contributed by atoms with Gasteiger partial charge in [-0.15, -0.1) is 0 Å². The van der Waals surface area contributed by atoms with Crippen LogP contribution in [0.1, 0.15) is 28.8 Å². The van der Waals surface area contributed by atoms with Crippen molar-refractivity contribution in [1.82, 2.24) is 0 Å². The average Bonchev–Trinajstić information content (AvgIpc) is 2.67. The Bertz CT molecular complexity index is 1060. The number of rotatable bonds is 2. The van der Waals surface area contributed by atoms with E-state index in [2.05, 4.69) is 5.32 Å². The first-order chi connectivity index (χ1) is 13.4. The van der Waals surface area contributed by atoms with E-state index < -0.39 is 10.0 Å². The number of fused-ring (bicyclic) bond motifs is 1. The van der Waals surface area contributed by atoms with Crippen LogP contribution in [0.15, 0.2) is 42.5 Å². The Balaban J connectivity index is 1.73. The number of carbonyl (C=O) groups excluding carboxylic acids is 2. The number of benzene rings is 2. The van der Waals surface area contributed by atoms with Crippen molar-refractivity contribution in [3.63, 3.8) is 0 Å². The van der Waals surface area contributed by atoms with Crippen molar-refractivity contribution in [2.24, 2.45) is 0 Å². The first kappa shape index (κ1) is 18.5. The molecule has 0 saturated carbocycles. The van der Waals surface area contributed by atoms with Crippen LogP contribution in [0.25, 0.3) is 0 Å². The molecule has 2 aliphatic heterocycles. The SMILES string of the molecule is Cc1ccc(C(=O)N2CC(=O)Nc3ccccc32)cc1N1CCCCS1(=O)=O.